The van der Waals surface area contributed by atoms with E-state index in [4.69, 9.17) is 10.2 Å². The molecule has 6 nitrogen and oxygen atoms in total. The van der Waals surface area contributed by atoms with Crippen molar-refractivity contribution in [2.24, 2.45) is 0 Å². The van der Waals surface area contributed by atoms with Gasteiger partial charge >= 0.3 is 0 Å². The van der Waals surface area contributed by atoms with Crippen molar-refractivity contribution in [1.82, 2.24) is 9.69 Å². The standard InChI is InChI=1S/C19H18N4O2S/c20-12-6-7-13-15(11-25-16(13)10-12)19(24)22-9-3-8-21-18-14-4-1-2-5-17(14)26-23-18/h1-2,4-7,10-11H,3,8-9,20H2,(H,21,23)(H,22,24). The summed E-state index contributed by atoms with van der Waals surface area (Å²) in [5.41, 5.74) is 7.48. The minimum atomic E-state index is -0.146. The van der Waals surface area contributed by atoms with Crippen LogP contribution in [0.25, 0.3) is 21.1 Å². The van der Waals surface area contributed by atoms with Crippen LogP contribution in [0.4, 0.5) is 11.5 Å². The van der Waals surface area contributed by atoms with Crippen LogP contribution >= 0.6 is 11.5 Å². The monoisotopic (exact) mass is 366 g/mol. The Balaban J connectivity index is 1.29. The number of anilines is 2. The average Bonchev–Trinajstić information content (AvgIpc) is 3.25. The summed E-state index contributed by atoms with van der Waals surface area (Å²) in [4.78, 5) is 12.3. The average molecular weight is 366 g/mol. The molecule has 0 radical (unpaired) electrons. The molecule has 4 rings (SSSR count). The fraction of sp³-hybridized carbons (Fsp3) is 0.158. The van der Waals surface area contributed by atoms with E-state index in [1.54, 1.807) is 18.2 Å². The van der Waals surface area contributed by atoms with E-state index >= 15 is 0 Å². The van der Waals surface area contributed by atoms with E-state index in [2.05, 4.69) is 27.1 Å². The first-order chi connectivity index (χ1) is 12.7. The van der Waals surface area contributed by atoms with Crippen LogP contribution in [-0.2, 0) is 0 Å². The fourth-order valence-electron chi connectivity index (χ4n) is 2.83. The lowest BCUT2D eigenvalue weighted by Gasteiger charge is -2.06. The zero-order valence-electron chi connectivity index (χ0n) is 14.0. The highest BCUT2D eigenvalue weighted by Crippen LogP contribution is 2.26. The van der Waals surface area contributed by atoms with Crippen molar-refractivity contribution in [1.29, 1.82) is 0 Å². The number of carbonyl (C=O) groups is 1. The first-order valence-corrected chi connectivity index (χ1v) is 9.13. The first kappa shape index (κ1) is 16.4. The number of benzene rings is 2. The number of furan rings is 1. The molecule has 0 unspecified atom stereocenters. The molecule has 0 saturated heterocycles. The van der Waals surface area contributed by atoms with Crippen molar-refractivity contribution >= 4 is 50.0 Å². The molecule has 2 heterocycles. The third kappa shape index (κ3) is 3.21. The molecule has 0 bridgehead atoms. The number of nitrogens with zero attached hydrogens (tertiary/aromatic N) is 1. The lowest BCUT2D eigenvalue weighted by molar-refractivity contribution is 0.0954. The van der Waals surface area contributed by atoms with Crippen LogP contribution in [0.1, 0.15) is 16.8 Å². The largest absolute Gasteiger partial charge is 0.463 e. The highest BCUT2D eigenvalue weighted by Gasteiger charge is 2.13. The number of hydrogen-bond acceptors (Lipinski definition) is 6. The second-order valence-electron chi connectivity index (χ2n) is 5.97. The van der Waals surface area contributed by atoms with Gasteiger partial charge in [0.15, 0.2) is 0 Å². The van der Waals surface area contributed by atoms with Gasteiger partial charge in [-0.15, -0.1) is 0 Å². The number of aromatic nitrogens is 1. The Morgan fingerprint density at radius 1 is 1.15 bits per heavy atom. The number of amides is 1. The molecule has 0 saturated carbocycles. The maximum absolute atomic E-state index is 12.3. The molecule has 4 aromatic rings. The third-order valence-corrected chi connectivity index (χ3v) is 4.98. The summed E-state index contributed by atoms with van der Waals surface area (Å²) in [5, 5.41) is 8.15. The van der Waals surface area contributed by atoms with E-state index in [1.165, 1.54) is 17.8 Å². The van der Waals surface area contributed by atoms with Crippen LogP contribution in [0, 0.1) is 0 Å². The van der Waals surface area contributed by atoms with E-state index in [1.807, 2.05) is 12.1 Å². The van der Waals surface area contributed by atoms with Crippen molar-refractivity contribution in [3.05, 3.63) is 54.3 Å². The van der Waals surface area contributed by atoms with Gasteiger partial charge in [0, 0.05) is 35.6 Å². The highest BCUT2D eigenvalue weighted by atomic mass is 32.1. The quantitative estimate of drug-likeness (QED) is 0.356. The van der Waals surface area contributed by atoms with Crippen LogP contribution in [0.15, 0.2) is 53.1 Å². The number of nitrogen functional groups attached to an aromatic ring is 1. The summed E-state index contributed by atoms with van der Waals surface area (Å²) in [6, 6.07) is 13.4. The minimum absolute atomic E-state index is 0.146. The van der Waals surface area contributed by atoms with Gasteiger partial charge in [-0.05, 0) is 42.2 Å². The van der Waals surface area contributed by atoms with Crippen LogP contribution in [-0.4, -0.2) is 23.4 Å². The molecule has 26 heavy (non-hydrogen) atoms. The molecule has 132 valence electrons. The van der Waals surface area contributed by atoms with Gasteiger partial charge in [0.2, 0.25) is 0 Å². The maximum atomic E-state index is 12.3. The zero-order chi connectivity index (χ0) is 17.9. The maximum Gasteiger partial charge on any atom is 0.255 e. The Morgan fingerprint density at radius 3 is 2.96 bits per heavy atom. The van der Waals surface area contributed by atoms with Crippen molar-refractivity contribution < 1.29 is 9.21 Å². The van der Waals surface area contributed by atoms with Gasteiger partial charge in [-0.1, -0.05) is 12.1 Å². The van der Waals surface area contributed by atoms with Gasteiger partial charge in [-0.2, -0.15) is 4.37 Å². The van der Waals surface area contributed by atoms with E-state index in [-0.39, 0.29) is 5.91 Å². The molecule has 4 N–H and O–H groups in total. The number of nitrogens with two attached hydrogens (primary N) is 1. The van der Waals surface area contributed by atoms with E-state index < -0.39 is 0 Å². The minimum Gasteiger partial charge on any atom is -0.463 e. The molecule has 7 heteroatoms. The molecule has 0 spiro atoms. The fourth-order valence-corrected chi connectivity index (χ4v) is 3.58. The summed E-state index contributed by atoms with van der Waals surface area (Å²) in [7, 11) is 0. The molecule has 0 aliphatic rings. The zero-order valence-corrected chi connectivity index (χ0v) is 14.8. The van der Waals surface area contributed by atoms with Crippen molar-refractivity contribution in [2.45, 2.75) is 6.42 Å². The number of nitrogens with one attached hydrogen (secondary N) is 2. The van der Waals surface area contributed by atoms with E-state index in [0.29, 0.717) is 23.4 Å². The normalized spacial score (nSPS) is 11.1. The summed E-state index contributed by atoms with van der Waals surface area (Å²) in [6.45, 7) is 1.30. The summed E-state index contributed by atoms with van der Waals surface area (Å²) < 4.78 is 11.0. The van der Waals surface area contributed by atoms with Crippen molar-refractivity contribution in [2.75, 3.05) is 24.1 Å². The summed E-state index contributed by atoms with van der Waals surface area (Å²) in [6.07, 6.45) is 2.26. The number of fused-ring (bicyclic) bond motifs is 2. The molecule has 2 aromatic carbocycles. The van der Waals surface area contributed by atoms with E-state index in [9.17, 15) is 4.79 Å². The Hall–Kier alpha value is -3.06. The predicted molar refractivity (Wildman–Crippen MR) is 106 cm³/mol. The van der Waals surface area contributed by atoms with Crippen molar-refractivity contribution in [3.63, 3.8) is 0 Å². The van der Waals surface area contributed by atoms with Gasteiger partial charge in [-0.3, -0.25) is 4.79 Å². The van der Waals surface area contributed by atoms with Crippen LogP contribution in [0.5, 0.6) is 0 Å². The predicted octanol–water partition coefficient (Wildman–Crippen LogP) is 3.86. The van der Waals surface area contributed by atoms with Crippen LogP contribution in [0.3, 0.4) is 0 Å². The Labute approximate surface area is 154 Å². The third-order valence-electron chi connectivity index (χ3n) is 4.15. The topological polar surface area (TPSA) is 93.2 Å². The molecular formula is C19H18N4O2S. The second kappa shape index (κ2) is 7.05. The van der Waals surface area contributed by atoms with Gasteiger partial charge in [0.1, 0.15) is 17.7 Å². The van der Waals surface area contributed by atoms with Gasteiger partial charge < -0.3 is 20.8 Å². The Bertz CT molecular complexity index is 1070. The molecule has 0 atom stereocenters. The molecule has 0 fully saturated rings. The van der Waals surface area contributed by atoms with Gasteiger partial charge in [0.25, 0.3) is 5.91 Å². The van der Waals surface area contributed by atoms with Crippen molar-refractivity contribution in [3.8, 4) is 0 Å². The van der Waals surface area contributed by atoms with E-state index in [0.717, 1.165) is 34.3 Å². The lowest BCUT2D eigenvalue weighted by atomic mass is 10.1. The van der Waals surface area contributed by atoms with Crippen LogP contribution in [0.2, 0.25) is 0 Å². The molecule has 0 aliphatic heterocycles. The highest BCUT2D eigenvalue weighted by molar-refractivity contribution is 7.13. The van der Waals surface area contributed by atoms with Gasteiger partial charge in [-0.25, -0.2) is 0 Å². The molecular weight excluding hydrogens is 348 g/mol. The second-order valence-corrected chi connectivity index (χ2v) is 6.77. The number of hydrogen-bond donors (Lipinski definition) is 3. The first-order valence-electron chi connectivity index (χ1n) is 8.35. The van der Waals surface area contributed by atoms with Crippen LogP contribution < -0.4 is 16.4 Å². The smallest absolute Gasteiger partial charge is 0.255 e. The molecule has 2 aromatic heterocycles. The molecule has 1 amide bonds. The number of carbonyl (C=O) groups excluding carboxylic acids is 1. The number of rotatable bonds is 6. The van der Waals surface area contributed by atoms with Gasteiger partial charge in [0.05, 0.1) is 10.3 Å². The summed E-state index contributed by atoms with van der Waals surface area (Å²) in [5.74, 6) is 0.753. The SMILES string of the molecule is Nc1ccc2c(C(=O)NCCCNc3nsc4ccccc34)coc2c1. The molecule has 0 aliphatic carbocycles. The lowest BCUT2D eigenvalue weighted by Crippen LogP contribution is -2.25. The Kier molecular flexibility index (Phi) is 4.45. The Morgan fingerprint density at radius 2 is 2.04 bits per heavy atom. The summed E-state index contributed by atoms with van der Waals surface area (Å²) >= 11 is 1.48.